The van der Waals surface area contributed by atoms with E-state index >= 15 is 0 Å². The molecular formula is C13H16N2O4. The average molecular weight is 264 g/mol. The third kappa shape index (κ3) is 3.51. The largest absolute Gasteiger partial charge is 0.477 e. The predicted octanol–water partition coefficient (Wildman–Crippen LogP) is 2.18. The van der Waals surface area contributed by atoms with Crippen molar-refractivity contribution in [2.45, 2.75) is 25.8 Å². The van der Waals surface area contributed by atoms with Crippen molar-refractivity contribution in [2.75, 3.05) is 6.54 Å². The first-order valence-electron chi connectivity index (χ1n) is 6.30. The molecule has 1 aromatic carbocycles. The first-order chi connectivity index (χ1) is 9.09. The molecule has 0 aliphatic heterocycles. The molecule has 0 radical (unpaired) electrons. The minimum atomic E-state index is -1.26. The highest BCUT2D eigenvalue weighted by Gasteiger charge is 2.23. The topological polar surface area (TPSA) is 92.5 Å². The van der Waals surface area contributed by atoms with Crippen molar-refractivity contribution in [1.29, 1.82) is 0 Å². The lowest BCUT2D eigenvalue weighted by atomic mass is 10.1. The molecule has 6 heteroatoms. The zero-order chi connectivity index (χ0) is 13.8. The SMILES string of the molecule is O=C(O)c1c(CNCCC2CC2)cccc1[N+](=O)[O-]. The maximum Gasteiger partial charge on any atom is 0.343 e. The number of aromatic carboxylic acids is 1. The molecule has 0 amide bonds. The quantitative estimate of drug-likeness (QED) is 0.447. The first-order valence-corrected chi connectivity index (χ1v) is 6.30. The molecule has 1 aliphatic rings. The van der Waals surface area contributed by atoms with Gasteiger partial charge in [-0.05, 0) is 24.4 Å². The molecule has 0 aromatic heterocycles. The van der Waals surface area contributed by atoms with Crippen molar-refractivity contribution in [3.63, 3.8) is 0 Å². The summed E-state index contributed by atoms with van der Waals surface area (Å²) in [5, 5.41) is 23.1. The molecule has 0 heterocycles. The Kier molecular flexibility index (Phi) is 4.11. The maximum absolute atomic E-state index is 11.2. The van der Waals surface area contributed by atoms with Crippen molar-refractivity contribution < 1.29 is 14.8 Å². The number of nitrogens with one attached hydrogen (secondary N) is 1. The average Bonchev–Trinajstić information content (AvgIpc) is 3.18. The van der Waals surface area contributed by atoms with E-state index in [1.165, 1.54) is 25.0 Å². The van der Waals surface area contributed by atoms with Crippen molar-refractivity contribution >= 4 is 11.7 Å². The summed E-state index contributed by atoms with van der Waals surface area (Å²) in [4.78, 5) is 21.3. The lowest BCUT2D eigenvalue weighted by molar-refractivity contribution is -0.385. The fourth-order valence-corrected chi connectivity index (χ4v) is 2.07. The molecule has 102 valence electrons. The fourth-order valence-electron chi connectivity index (χ4n) is 2.07. The third-order valence-electron chi connectivity index (χ3n) is 3.28. The van der Waals surface area contributed by atoms with Crippen LogP contribution < -0.4 is 5.32 Å². The number of carboxylic acid groups (broad SMARTS) is 1. The molecule has 2 rings (SSSR count). The predicted molar refractivity (Wildman–Crippen MR) is 69.1 cm³/mol. The van der Waals surface area contributed by atoms with Gasteiger partial charge in [0.1, 0.15) is 5.56 Å². The number of carboxylic acids is 1. The summed E-state index contributed by atoms with van der Waals surface area (Å²) in [6.07, 6.45) is 3.63. The zero-order valence-electron chi connectivity index (χ0n) is 10.5. The normalized spacial score (nSPS) is 14.3. The Hall–Kier alpha value is -1.95. The molecule has 6 nitrogen and oxygen atoms in total. The standard InChI is InChI=1S/C13H16N2O4/c16-13(17)12-10(2-1-3-11(12)15(18)19)8-14-7-6-9-4-5-9/h1-3,9,14H,4-8H2,(H,16,17). The van der Waals surface area contributed by atoms with Crippen LogP contribution in [0.4, 0.5) is 5.69 Å². The van der Waals surface area contributed by atoms with E-state index in [9.17, 15) is 14.9 Å². The summed E-state index contributed by atoms with van der Waals surface area (Å²) in [6, 6.07) is 4.35. The summed E-state index contributed by atoms with van der Waals surface area (Å²) >= 11 is 0. The van der Waals surface area contributed by atoms with Crippen LogP contribution in [0.2, 0.25) is 0 Å². The maximum atomic E-state index is 11.2. The van der Waals surface area contributed by atoms with Crippen LogP contribution in [-0.2, 0) is 6.54 Å². The van der Waals surface area contributed by atoms with E-state index in [2.05, 4.69) is 5.32 Å². The van der Waals surface area contributed by atoms with Crippen molar-refractivity contribution in [1.82, 2.24) is 5.32 Å². The Bertz CT molecular complexity index is 497. The number of nitrogens with zero attached hydrogens (tertiary/aromatic N) is 1. The second-order valence-electron chi connectivity index (χ2n) is 4.78. The molecule has 1 aliphatic carbocycles. The number of nitro benzene ring substituents is 1. The van der Waals surface area contributed by atoms with Crippen LogP contribution in [0.15, 0.2) is 18.2 Å². The van der Waals surface area contributed by atoms with E-state index in [-0.39, 0.29) is 11.3 Å². The smallest absolute Gasteiger partial charge is 0.343 e. The van der Waals surface area contributed by atoms with E-state index in [0.29, 0.717) is 12.1 Å². The molecule has 1 aromatic rings. The van der Waals surface area contributed by atoms with Crippen molar-refractivity contribution in [3.8, 4) is 0 Å². The molecule has 0 saturated heterocycles. The molecule has 1 saturated carbocycles. The Morgan fingerprint density at radius 3 is 2.79 bits per heavy atom. The highest BCUT2D eigenvalue weighted by atomic mass is 16.6. The summed E-state index contributed by atoms with van der Waals surface area (Å²) in [7, 11) is 0. The van der Waals surface area contributed by atoms with Gasteiger partial charge in [-0.3, -0.25) is 10.1 Å². The molecule has 2 N–H and O–H groups in total. The van der Waals surface area contributed by atoms with E-state index in [0.717, 1.165) is 18.9 Å². The second-order valence-corrected chi connectivity index (χ2v) is 4.78. The zero-order valence-corrected chi connectivity index (χ0v) is 10.5. The first kappa shape index (κ1) is 13.5. The molecule has 0 unspecified atom stereocenters. The van der Waals surface area contributed by atoms with Gasteiger partial charge in [-0.1, -0.05) is 25.0 Å². The number of nitro groups is 1. The van der Waals surface area contributed by atoms with Gasteiger partial charge in [0.15, 0.2) is 0 Å². The van der Waals surface area contributed by atoms with E-state index in [4.69, 9.17) is 5.11 Å². The number of carbonyl (C=O) groups is 1. The molecule has 0 spiro atoms. The van der Waals surface area contributed by atoms with Gasteiger partial charge in [-0.15, -0.1) is 0 Å². The highest BCUT2D eigenvalue weighted by Crippen LogP contribution is 2.31. The molecular weight excluding hydrogens is 248 g/mol. The molecule has 1 fully saturated rings. The minimum absolute atomic E-state index is 0.216. The monoisotopic (exact) mass is 264 g/mol. The lowest BCUT2D eigenvalue weighted by Crippen LogP contribution is -2.18. The van der Waals surface area contributed by atoms with E-state index in [1.54, 1.807) is 6.07 Å². The van der Waals surface area contributed by atoms with Gasteiger partial charge >= 0.3 is 5.97 Å². The molecule has 0 atom stereocenters. The van der Waals surface area contributed by atoms with Gasteiger partial charge < -0.3 is 10.4 Å². The number of hydrogen-bond acceptors (Lipinski definition) is 4. The van der Waals surface area contributed by atoms with Crippen LogP contribution >= 0.6 is 0 Å². The van der Waals surface area contributed by atoms with Crippen LogP contribution in [0, 0.1) is 16.0 Å². The van der Waals surface area contributed by atoms with Crippen LogP contribution in [-0.4, -0.2) is 22.5 Å². The van der Waals surface area contributed by atoms with Crippen molar-refractivity contribution in [3.05, 3.63) is 39.4 Å². The second kappa shape index (κ2) is 5.79. The summed E-state index contributed by atoms with van der Waals surface area (Å²) in [5.41, 5.74) is -0.113. The third-order valence-corrected chi connectivity index (χ3v) is 3.28. The Morgan fingerprint density at radius 1 is 1.47 bits per heavy atom. The Morgan fingerprint density at radius 2 is 2.21 bits per heavy atom. The summed E-state index contributed by atoms with van der Waals surface area (Å²) in [5.74, 6) is -0.456. The minimum Gasteiger partial charge on any atom is -0.477 e. The van der Waals surface area contributed by atoms with Crippen LogP contribution in [0.3, 0.4) is 0 Å². The summed E-state index contributed by atoms with van der Waals surface area (Å²) in [6.45, 7) is 1.16. The van der Waals surface area contributed by atoms with Crippen LogP contribution in [0.1, 0.15) is 35.2 Å². The van der Waals surface area contributed by atoms with Crippen LogP contribution in [0.5, 0.6) is 0 Å². The number of hydrogen-bond donors (Lipinski definition) is 2. The fraction of sp³-hybridized carbons (Fsp3) is 0.462. The van der Waals surface area contributed by atoms with Gasteiger partial charge in [0, 0.05) is 12.6 Å². The number of rotatable bonds is 7. The molecule has 19 heavy (non-hydrogen) atoms. The van der Waals surface area contributed by atoms with Gasteiger partial charge in [-0.2, -0.15) is 0 Å². The molecule has 0 bridgehead atoms. The lowest BCUT2D eigenvalue weighted by Gasteiger charge is -2.08. The van der Waals surface area contributed by atoms with Crippen molar-refractivity contribution in [2.24, 2.45) is 5.92 Å². The van der Waals surface area contributed by atoms with Gasteiger partial charge in [0.2, 0.25) is 0 Å². The van der Waals surface area contributed by atoms with Gasteiger partial charge in [0.25, 0.3) is 5.69 Å². The van der Waals surface area contributed by atoms with Gasteiger partial charge in [-0.25, -0.2) is 4.79 Å². The van der Waals surface area contributed by atoms with E-state index < -0.39 is 10.9 Å². The highest BCUT2D eigenvalue weighted by molar-refractivity contribution is 5.94. The Labute approximate surface area is 110 Å². The van der Waals surface area contributed by atoms with Crippen LogP contribution in [0.25, 0.3) is 0 Å². The Balaban J connectivity index is 2.06. The number of benzene rings is 1. The van der Waals surface area contributed by atoms with E-state index in [1.807, 2.05) is 0 Å². The summed E-state index contributed by atoms with van der Waals surface area (Å²) < 4.78 is 0. The van der Waals surface area contributed by atoms with Gasteiger partial charge in [0.05, 0.1) is 4.92 Å².